The average molecular weight is 309 g/mol. The van der Waals surface area contributed by atoms with Crippen LogP contribution in [-0.4, -0.2) is 15.0 Å². The number of hydrogen-bond acceptors (Lipinski definition) is 3. The monoisotopic (exact) mass is 308 g/mol. The first-order valence-electron chi connectivity index (χ1n) is 5.81. The summed E-state index contributed by atoms with van der Waals surface area (Å²) in [5, 5.41) is 1.44. The van der Waals surface area contributed by atoms with Gasteiger partial charge in [-0.25, -0.2) is 0 Å². The molecule has 5 nitrogen and oxygen atoms in total. The highest BCUT2D eigenvalue weighted by Crippen LogP contribution is 2.35. The normalized spacial score (nSPS) is 11.2. The third-order valence-corrected chi connectivity index (χ3v) is 3.62. The number of nitrogens with one attached hydrogen (secondary N) is 2. The van der Waals surface area contributed by atoms with Crippen LogP contribution in [0.1, 0.15) is 5.69 Å². The zero-order valence-electron chi connectivity index (χ0n) is 10.4. The van der Waals surface area contributed by atoms with Crippen LogP contribution >= 0.6 is 23.2 Å². The van der Waals surface area contributed by atoms with Crippen LogP contribution in [-0.2, 0) is 0 Å². The Bertz CT molecular complexity index is 882. The van der Waals surface area contributed by atoms with Crippen LogP contribution in [0.25, 0.3) is 22.2 Å². The third-order valence-electron chi connectivity index (χ3n) is 3.07. The van der Waals surface area contributed by atoms with Gasteiger partial charge in [-0.2, -0.15) is 4.98 Å². The lowest BCUT2D eigenvalue weighted by molar-refractivity contribution is 1.17. The van der Waals surface area contributed by atoms with Gasteiger partial charge in [0, 0.05) is 26.9 Å². The Kier molecular flexibility index (Phi) is 2.96. The summed E-state index contributed by atoms with van der Waals surface area (Å²) >= 11 is 12.1. The number of fused-ring (bicyclic) bond motifs is 1. The standard InChI is InChI=1S/C13H10Cl2N4O/c1-5-9(7-3-2-6(14)4-8(7)15)10-11(17-5)18-13(16)19-12(10)20/h2-4H,1H3,(H4,16,17,18,19,20). The van der Waals surface area contributed by atoms with Gasteiger partial charge in [0.25, 0.3) is 5.56 Å². The second-order valence-electron chi connectivity index (χ2n) is 4.42. The van der Waals surface area contributed by atoms with Gasteiger partial charge in [0.1, 0.15) is 5.65 Å². The zero-order valence-corrected chi connectivity index (χ0v) is 11.9. The highest BCUT2D eigenvalue weighted by Gasteiger charge is 2.17. The Morgan fingerprint density at radius 1 is 1.25 bits per heavy atom. The molecule has 1 aromatic carbocycles. The van der Waals surface area contributed by atoms with Gasteiger partial charge in [-0.15, -0.1) is 0 Å². The number of H-pyrrole nitrogens is 2. The molecule has 2 aromatic heterocycles. The number of rotatable bonds is 1. The Labute approximate surface area is 123 Å². The number of nitrogen functional groups attached to an aromatic ring is 1. The summed E-state index contributed by atoms with van der Waals surface area (Å²) in [6.07, 6.45) is 0. The molecule has 0 bridgehead atoms. The maximum absolute atomic E-state index is 12.1. The molecule has 0 spiro atoms. The number of aromatic amines is 2. The second-order valence-corrected chi connectivity index (χ2v) is 5.27. The number of aromatic nitrogens is 3. The van der Waals surface area contributed by atoms with Crippen molar-refractivity contribution in [2.75, 3.05) is 5.73 Å². The number of aryl methyl sites for hydroxylation is 1. The lowest BCUT2D eigenvalue weighted by Gasteiger charge is -2.05. The van der Waals surface area contributed by atoms with E-state index >= 15 is 0 Å². The van der Waals surface area contributed by atoms with Crippen LogP contribution in [0.5, 0.6) is 0 Å². The van der Waals surface area contributed by atoms with Gasteiger partial charge >= 0.3 is 0 Å². The summed E-state index contributed by atoms with van der Waals surface area (Å²) in [7, 11) is 0. The molecular formula is C13H10Cl2N4O. The van der Waals surface area contributed by atoms with Gasteiger partial charge in [-0.3, -0.25) is 9.78 Å². The molecular weight excluding hydrogens is 299 g/mol. The maximum atomic E-state index is 12.1. The summed E-state index contributed by atoms with van der Waals surface area (Å²) in [6.45, 7) is 1.84. The average Bonchev–Trinajstić information content (AvgIpc) is 2.65. The first-order valence-corrected chi connectivity index (χ1v) is 6.56. The summed E-state index contributed by atoms with van der Waals surface area (Å²) in [5.41, 5.74) is 7.88. The fourth-order valence-electron chi connectivity index (χ4n) is 2.27. The van der Waals surface area contributed by atoms with E-state index < -0.39 is 0 Å². The molecule has 0 radical (unpaired) electrons. The molecule has 2 heterocycles. The lowest BCUT2D eigenvalue weighted by Crippen LogP contribution is -2.10. The Morgan fingerprint density at radius 3 is 2.70 bits per heavy atom. The van der Waals surface area contributed by atoms with Crippen LogP contribution in [0.15, 0.2) is 23.0 Å². The number of hydrogen-bond donors (Lipinski definition) is 3. The van der Waals surface area contributed by atoms with Crippen LogP contribution in [0.2, 0.25) is 10.0 Å². The first-order chi connectivity index (χ1) is 9.47. The lowest BCUT2D eigenvalue weighted by atomic mass is 10.0. The fraction of sp³-hybridized carbons (Fsp3) is 0.0769. The SMILES string of the molecule is Cc1[nH]c2nc(N)[nH]c(=O)c2c1-c1ccc(Cl)cc1Cl. The highest BCUT2D eigenvalue weighted by atomic mass is 35.5. The molecule has 0 aliphatic carbocycles. The predicted molar refractivity (Wildman–Crippen MR) is 81.3 cm³/mol. The van der Waals surface area contributed by atoms with Gasteiger partial charge in [-0.05, 0) is 19.1 Å². The number of anilines is 1. The molecule has 4 N–H and O–H groups in total. The van der Waals surface area contributed by atoms with Gasteiger partial charge < -0.3 is 10.7 Å². The van der Waals surface area contributed by atoms with Crippen molar-refractivity contribution in [1.29, 1.82) is 0 Å². The van der Waals surface area contributed by atoms with Crippen molar-refractivity contribution in [3.63, 3.8) is 0 Å². The van der Waals surface area contributed by atoms with Crippen molar-refractivity contribution in [2.45, 2.75) is 6.92 Å². The van der Waals surface area contributed by atoms with Crippen molar-refractivity contribution < 1.29 is 0 Å². The van der Waals surface area contributed by atoms with E-state index in [1.54, 1.807) is 18.2 Å². The quantitative estimate of drug-likeness (QED) is 0.645. The zero-order chi connectivity index (χ0) is 14.4. The molecule has 0 atom stereocenters. The summed E-state index contributed by atoms with van der Waals surface area (Å²) < 4.78 is 0. The number of benzene rings is 1. The predicted octanol–water partition coefficient (Wildman–Crippen LogP) is 3.12. The minimum Gasteiger partial charge on any atom is -0.369 e. The number of halogens is 2. The molecule has 0 fully saturated rings. The van der Waals surface area contributed by atoms with E-state index in [4.69, 9.17) is 28.9 Å². The fourth-order valence-corrected chi connectivity index (χ4v) is 2.77. The minimum atomic E-state index is -0.308. The largest absolute Gasteiger partial charge is 0.369 e. The van der Waals surface area contributed by atoms with E-state index in [9.17, 15) is 4.79 Å². The molecule has 0 unspecified atom stereocenters. The second kappa shape index (κ2) is 4.54. The van der Waals surface area contributed by atoms with Crippen LogP contribution in [0.4, 0.5) is 5.95 Å². The van der Waals surface area contributed by atoms with E-state index in [0.29, 0.717) is 26.6 Å². The van der Waals surface area contributed by atoms with Gasteiger partial charge in [0.05, 0.1) is 5.39 Å². The van der Waals surface area contributed by atoms with Crippen molar-refractivity contribution in [3.8, 4) is 11.1 Å². The Hall–Kier alpha value is -1.98. The van der Waals surface area contributed by atoms with E-state index in [1.165, 1.54) is 0 Å². The smallest absolute Gasteiger partial charge is 0.262 e. The van der Waals surface area contributed by atoms with Crippen LogP contribution in [0.3, 0.4) is 0 Å². The Balaban J connectivity index is 2.42. The summed E-state index contributed by atoms with van der Waals surface area (Å²) in [6, 6.07) is 5.13. The molecule has 0 aliphatic rings. The molecule has 102 valence electrons. The summed E-state index contributed by atoms with van der Waals surface area (Å²) in [5.74, 6) is 0.0671. The highest BCUT2D eigenvalue weighted by molar-refractivity contribution is 6.36. The summed E-state index contributed by atoms with van der Waals surface area (Å²) in [4.78, 5) is 21.7. The topological polar surface area (TPSA) is 87.6 Å². The molecule has 0 aliphatic heterocycles. The first kappa shape index (κ1) is 13.0. The van der Waals surface area contributed by atoms with Crippen molar-refractivity contribution in [2.24, 2.45) is 0 Å². The minimum absolute atomic E-state index is 0.0671. The van der Waals surface area contributed by atoms with Gasteiger partial charge in [0.2, 0.25) is 5.95 Å². The number of nitrogens with two attached hydrogens (primary N) is 1. The Morgan fingerprint density at radius 2 is 2.00 bits per heavy atom. The molecule has 7 heteroatoms. The number of nitrogens with zero attached hydrogens (tertiary/aromatic N) is 1. The van der Waals surface area contributed by atoms with E-state index in [1.807, 2.05) is 6.92 Å². The molecule has 0 saturated heterocycles. The molecule has 20 heavy (non-hydrogen) atoms. The van der Waals surface area contributed by atoms with Crippen LogP contribution < -0.4 is 11.3 Å². The maximum Gasteiger partial charge on any atom is 0.262 e. The molecule has 0 amide bonds. The van der Waals surface area contributed by atoms with E-state index in [2.05, 4.69) is 15.0 Å². The van der Waals surface area contributed by atoms with Gasteiger partial charge in [-0.1, -0.05) is 29.3 Å². The van der Waals surface area contributed by atoms with Gasteiger partial charge in [0.15, 0.2) is 0 Å². The van der Waals surface area contributed by atoms with Crippen molar-refractivity contribution in [3.05, 3.63) is 44.3 Å². The van der Waals surface area contributed by atoms with Crippen LogP contribution in [0, 0.1) is 6.92 Å². The van der Waals surface area contributed by atoms with Crippen molar-refractivity contribution >= 4 is 40.2 Å². The van der Waals surface area contributed by atoms with E-state index in [-0.39, 0.29) is 11.5 Å². The van der Waals surface area contributed by atoms with E-state index in [0.717, 1.165) is 11.3 Å². The third kappa shape index (κ3) is 1.95. The van der Waals surface area contributed by atoms with Crippen molar-refractivity contribution in [1.82, 2.24) is 15.0 Å². The molecule has 0 saturated carbocycles. The molecule has 3 aromatic rings. The molecule has 3 rings (SSSR count).